The summed E-state index contributed by atoms with van der Waals surface area (Å²) >= 11 is 0. The summed E-state index contributed by atoms with van der Waals surface area (Å²) in [6.07, 6.45) is 4.05. The normalized spacial score (nSPS) is 21.0. The zero-order valence-corrected chi connectivity index (χ0v) is 17.5. The molecule has 2 aromatic carbocycles. The zero-order chi connectivity index (χ0) is 21.5. The van der Waals surface area contributed by atoms with E-state index in [1.165, 1.54) is 6.26 Å². The van der Waals surface area contributed by atoms with Crippen molar-refractivity contribution in [2.75, 3.05) is 12.8 Å². The number of hydroxylamine groups is 1. The van der Waals surface area contributed by atoms with E-state index in [0.29, 0.717) is 31.5 Å². The molecule has 0 radical (unpaired) electrons. The quantitative estimate of drug-likeness (QED) is 0.573. The number of hydrogen-bond donors (Lipinski definition) is 2. The van der Waals surface area contributed by atoms with Gasteiger partial charge in [-0.15, -0.1) is 0 Å². The van der Waals surface area contributed by atoms with Gasteiger partial charge in [0.1, 0.15) is 0 Å². The van der Waals surface area contributed by atoms with E-state index in [9.17, 15) is 18.0 Å². The number of benzene rings is 2. The van der Waals surface area contributed by atoms with Crippen LogP contribution in [0.2, 0.25) is 0 Å². The first kappa shape index (κ1) is 20.6. The van der Waals surface area contributed by atoms with E-state index >= 15 is 0 Å². The Labute approximate surface area is 175 Å². The topological polar surface area (TPSA) is 104 Å². The van der Waals surface area contributed by atoms with Crippen molar-refractivity contribution in [2.24, 2.45) is 5.41 Å². The average Bonchev–Trinajstić information content (AvgIpc) is 3.02. The fourth-order valence-corrected chi connectivity index (χ4v) is 5.20. The minimum Gasteiger partial charge on any atom is -0.338 e. The monoisotopic (exact) mass is 428 g/mol. The lowest BCUT2D eigenvalue weighted by Crippen LogP contribution is -2.38. The molecule has 1 aliphatic carbocycles. The highest BCUT2D eigenvalue weighted by atomic mass is 32.2. The Kier molecular flexibility index (Phi) is 5.15. The van der Waals surface area contributed by atoms with Crippen LogP contribution in [-0.2, 0) is 34.0 Å². The molecule has 30 heavy (non-hydrogen) atoms. The van der Waals surface area contributed by atoms with Crippen molar-refractivity contribution < 1.29 is 23.2 Å². The molecule has 7 nitrogen and oxygen atoms in total. The lowest BCUT2D eigenvalue weighted by atomic mass is 9.70. The number of rotatable bonds is 4. The van der Waals surface area contributed by atoms with Crippen molar-refractivity contribution in [1.29, 1.82) is 0 Å². The van der Waals surface area contributed by atoms with Crippen molar-refractivity contribution in [1.82, 2.24) is 10.4 Å². The van der Waals surface area contributed by atoms with Crippen LogP contribution in [0.15, 0.2) is 47.4 Å². The zero-order valence-electron chi connectivity index (χ0n) is 16.7. The van der Waals surface area contributed by atoms with E-state index in [0.717, 1.165) is 29.5 Å². The first-order valence-electron chi connectivity index (χ1n) is 9.86. The number of hydrogen-bond acceptors (Lipinski definition) is 5. The third kappa shape index (κ3) is 3.73. The maximum Gasteiger partial charge on any atom is 0.274 e. The number of nitrogens with one attached hydrogen (secondary N) is 1. The smallest absolute Gasteiger partial charge is 0.274 e. The number of likely N-dealkylation sites (tertiary alicyclic amines) is 1. The van der Waals surface area contributed by atoms with Gasteiger partial charge in [0.05, 0.1) is 10.3 Å². The summed E-state index contributed by atoms with van der Waals surface area (Å²) in [5.41, 5.74) is 4.67. The molecule has 1 fully saturated rings. The second-order valence-electron chi connectivity index (χ2n) is 8.27. The molecule has 4 rings (SSSR count). The summed E-state index contributed by atoms with van der Waals surface area (Å²) in [7, 11) is -3.24. The lowest BCUT2D eigenvalue weighted by Gasteiger charge is -2.33. The van der Waals surface area contributed by atoms with Crippen LogP contribution in [0.25, 0.3) is 0 Å². The van der Waals surface area contributed by atoms with E-state index in [1.807, 2.05) is 11.0 Å². The van der Waals surface area contributed by atoms with Crippen molar-refractivity contribution in [3.05, 3.63) is 64.7 Å². The largest absolute Gasteiger partial charge is 0.338 e. The maximum absolute atomic E-state index is 13.3. The second kappa shape index (κ2) is 7.52. The number of amides is 2. The van der Waals surface area contributed by atoms with E-state index in [2.05, 4.69) is 0 Å². The lowest BCUT2D eigenvalue weighted by molar-refractivity contribution is -0.137. The Morgan fingerprint density at radius 1 is 1.13 bits per heavy atom. The van der Waals surface area contributed by atoms with Gasteiger partial charge in [0, 0.05) is 24.9 Å². The molecule has 0 aromatic heterocycles. The van der Waals surface area contributed by atoms with Crippen molar-refractivity contribution in [2.45, 2.75) is 37.1 Å². The summed E-state index contributed by atoms with van der Waals surface area (Å²) < 4.78 is 23.2. The molecule has 1 aliphatic heterocycles. The van der Waals surface area contributed by atoms with Gasteiger partial charge in [0.2, 0.25) is 5.91 Å². The summed E-state index contributed by atoms with van der Waals surface area (Å²) in [6.45, 7) is 1.14. The summed E-state index contributed by atoms with van der Waals surface area (Å²) in [5, 5.41) is 8.82. The predicted octanol–water partition coefficient (Wildman–Crippen LogP) is 2.12. The molecule has 1 heterocycles. The molecule has 2 aliphatic rings. The molecule has 158 valence electrons. The van der Waals surface area contributed by atoms with Gasteiger partial charge in [0.25, 0.3) is 5.91 Å². The molecule has 0 bridgehead atoms. The van der Waals surface area contributed by atoms with Crippen LogP contribution < -0.4 is 5.48 Å². The Bertz CT molecular complexity index is 1110. The Balaban J connectivity index is 1.49. The fourth-order valence-electron chi connectivity index (χ4n) is 4.57. The first-order valence-corrected chi connectivity index (χ1v) is 11.8. The second-order valence-corrected chi connectivity index (χ2v) is 10.3. The SMILES string of the molecule is CS(=O)(=O)c1ccc(CN2CC[C@]3(CCc4cc(C(=O)NO)ccc4C3)C2=O)cc1. The number of nitrogens with zero attached hydrogens (tertiary/aromatic N) is 1. The van der Waals surface area contributed by atoms with Gasteiger partial charge < -0.3 is 4.90 Å². The maximum atomic E-state index is 13.3. The number of sulfone groups is 1. The average molecular weight is 429 g/mol. The number of carbonyl (C=O) groups is 2. The van der Waals surface area contributed by atoms with Gasteiger partial charge in [-0.05, 0) is 66.6 Å². The Hall–Kier alpha value is -2.71. The van der Waals surface area contributed by atoms with Crippen LogP contribution in [0.4, 0.5) is 0 Å². The fraction of sp³-hybridized carbons (Fsp3) is 0.364. The minimum atomic E-state index is -3.24. The summed E-state index contributed by atoms with van der Waals surface area (Å²) in [4.78, 5) is 27.0. The molecule has 0 unspecified atom stereocenters. The molecule has 2 aromatic rings. The molecular formula is C22H24N2O5S. The van der Waals surface area contributed by atoms with Gasteiger partial charge >= 0.3 is 0 Å². The highest BCUT2D eigenvalue weighted by Gasteiger charge is 2.47. The third-order valence-corrected chi connectivity index (χ3v) is 7.43. The number of fused-ring (bicyclic) bond motifs is 1. The van der Waals surface area contributed by atoms with Gasteiger partial charge in [-0.1, -0.05) is 18.2 Å². The molecule has 8 heteroatoms. The Morgan fingerprint density at radius 2 is 1.87 bits per heavy atom. The van der Waals surface area contributed by atoms with E-state index in [-0.39, 0.29) is 10.8 Å². The van der Waals surface area contributed by atoms with Gasteiger partial charge in [-0.3, -0.25) is 14.8 Å². The molecule has 1 atom stereocenters. The van der Waals surface area contributed by atoms with Crippen LogP contribution in [0.3, 0.4) is 0 Å². The van der Waals surface area contributed by atoms with E-state index in [4.69, 9.17) is 5.21 Å². The Morgan fingerprint density at radius 3 is 2.53 bits per heavy atom. The van der Waals surface area contributed by atoms with Crippen molar-refractivity contribution >= 4 is 21.7 Å². The highest BCUT2D eigenvalue weighted by molar-refractivity contribution is 7.90. The van der Waals surface area contributed by atoms with E-state index in [1.54, 1.807) is 41.9 Å². The molecular weight excluding hydrogens is 404 g/mol. The van der Waals surface area contributed by atoms with Crippen LogP contribution in [0.1, 0.15) is 39.9 Å². The molecule has 0 saturated carbocycles. The van der Waals surface area contributed by atoms with Crippen molar-refractivity contribution in [3.63, 3.8) is 0 Å². The summed E-state index contributed by atoms with van der Waals surface area (Å²) in [5.74, 6) is -0.402. The minimum absolute atomic E-state index is 0.137. The van der Waals surface area contributed by atoms with E-state index < -0.39 is 21.2 Å². The first-order chi connectivity index (χ1) is 14.2. The van der Waals surface area contributed by atoms with Crippen LogP contribution in [0.5, 0.6) is 0 Å². The van der Waals surface area contributed by atoms with Crippen molar-refractivity contribution in [3.8, 4) is 0 Å². The molecule has 1 spiro atoms. The third-order valence-electron chi connectivity index (χ3n) is 6.30. The molecule has 1 saturated heterocycles. The van der Waals surface area contributed by atoms with Crippen LogP contribution in [-0.4, -0.2) is 43.1 Å². The summed E-state index contributed by atoms with van der Waals surface area (Å²) in [6, 6.07) is 12.0. The van der Waals surface area contributed by atoms with Crippen LogP contribution >= 0.6 is 0 Å². The predicted molar refractivity (Wildman–Crippen MR) is 110 cm³/mol. The standard InChI is InChI=1S/C22H24N2O5S/c1-30(28,29)19-6-2-15(3-7-19)14-24-11-10-22(21(24)26)9-8-16-12-17(20(25)23-27)4-5-18(16)13-22/h2-7,12,27H,8-11,13-14H2,1H3,(H,23,25)/t22-/m0/s1. The van der Waals surface area contributed by atoms with Gasteiger partial charge in [0.15, 0.2) is 9.84 Å². The molecule has 2 amide bonds. The van der Waals surface area contributed by atoms with Gasteiger partial charge in [-0.25, -0.2) is 13.9 Å². The number of carbonyl (C=O) groups excluding carboxylic acids is 2. The van der Waals surface area contributed by atoms with Crippen LogP contribution in [0, 0.1) is 5.41 Å². The molecule has 2 N–H and O–H groups in total. The highest BCUT2D eigenvalue weighted by Crippen LogP contribution is 2.44. The number of aryl methyl sites for hydroxylation is 1. The van der Waals surface area contributed by atoms with Gasteiger partial charge in [-0.2, -0.15) is 0 Å².